The van der Waals surface area contributed by atoms with E-state index >= 15 is 0 Å². The lowest BCUT2D eigenvalue weighted by molar-refractivity contribution is 0.0946. The summed E-state index contributed by atoms with van der Waals surface area (Å²) in [5.74, 6) is 2.81. The van der Waals surface area contributed by atoms with E-state index in [0.717, 1.165) is 12.0 Å². The normalized spacial score (nSPS) is 12.1. The van der Waals surface area contributed by atoms with Gasteiger partial charge in [-0.1, -0.05) is 26.0 Å². The fourth-order valence-corrected chi connectivity index (χ4v) is 2.73. The van der Waals surface area contributed by atoms with Crippen LogP contribution in [0.2, 0.25) is 0 Å². The number of carbonyl (C=O) groups is 1. The molecule has 0 unspecified atom stereocenters. The number of hydrogen-bond donors (Lipinski definition) is 1. The van der Waals surface area contributed by atoms with Crippen molar-refractivity contribution in [1.29, 1.82) is 0 Å². The molecule has 1 aliphatic heterocycles. The Morgan fingerprint density at radius 3 is 2.81 bits per heavy atom. The monoisotopic (exact) mass is 371 g/mol. The van der Waals surface area contributed by atoms with Crippen LogP contribution in [0.5, 0.6) is 23.0 Å². The Labute approximate surface area is 159 Å². The second-order valence-corrected chi connectivity index (χ2v) is 6.74. The molecule has 0 aromatic heterocycles. The fourth-order valence-electron chi connectivity index (χ4n) is 2.73. The quantitative estimate of drug-likeness (QED) is 0.765. The molecule has 2 aromatic carbocycles. The molecule has 0 bridgehead atoms. The van der Waals surface area contributed by atoms with Gasteiger partial charge in [0.1, 0.15) is 0 Å². The first kappa shape index (κ1) is 18.9. The van der Waals surface area contributed by atoms with Crippen LogP contribution in [0.4, 0.5) is 0 Å². The van der Waals surface area contributed by atoms with E-state index in [0.29, 0.717) is 47.6 Å². The van der Waals surface area contributed by atoms with Gasteiger partial charge in [-0.2, -0.15) is 0 Å². The van der Waals surface area contributed by atoms with Gasteiger partial charge in [0.2, 0.25) is 6.79 Å². The standard InChI is InChI=1S/C21H25NO5/c1-14(2)9-10-25-17-8-7-15(11-19(17)24-3)12-22-21(23)16-5-4-6-18-20(16)27-13-26-18/h4-8,11,14H,9-10,12-13H2,1-3H3,(H,22,23). The molecule has 1 N–H and O–H groups in total. The second-order valence-electron chi connectivity index (χ2n) is 6.74. The van der Waals surface area contributed by atoms with Crippen LogP contribution in [0.15, 0.2) is 36.4 Å². The molecule has 0 atom stereocenters. The minimum absolute atomic E-state index is 0.134. The van der Waals surface area contributed by atoms with Crippen LogP contribution in [0, 0.1) is 5.92 Å². The Hall–Kier alpha value is -2.89. The molecule has 6 heteroatoms. The topological polar surface area (TPSA) is 66.0 Å². The van der Waals surface area contributed by atoms with Gasteiger partial charge >= 0.3 is 0 Å². The lowest BCUT2D eigenvalue weighted by Crippen LogP contribution is -2.23. The second kappa shape index (κ2) is 8.66. The van der Waals surface area contributed by atoms with Gasteiger partial charge < -0.3 is 24.3 Å². The molecule has 1 amide bonds. The molecule has 6 nitrogen and oxygen atoms in total. The first-order valence-electron chi connectivity index (χ1n) is 9.05. The molecule has 0 aliphatic carbocycles. The molecule has 1 heterocycles. The maximum absolute atomic E-state index is 12.5. The summed E-state index contributed by atoms with van der Waals surface area (Å²) in [5, 5.41) is 2.90. The number of carbonyl (C=O) groups excluding carboxylic acids is 1. The smallest absolute Gasteiger partial charge is 0.255 e. The highest BCUT2D eigenvalue weighted by Gasteiger charge is 2.21. The molecular formula is C21H25NO5. The van der Waals surface area contributed by atoms with Crippen LogP contribution in [0.1, 0.15) is 36.2 Å². The number of benzene rings is 2. The van der Waals surface area contributed by atoms with E-state index in [1.165, 1.54) is 0 Å². The van der Waals surface area contributed by atoms with Crippen molar-refractivity contribution < 1.29 is 23.7 Å². The summed E-state index contributed by atoms with van der Waals surface area (Å²) in [7, 11) is 1.61. The summed E-state index contributed by atoms with van der Waals surface area (Å²) < 4.78 is 21.9. The first-order chi connectivity index (χ1) is 13.1. The van der Waals surface area contributed by atoms with E-state index in [-0.39, 0.29) is 12.7 Å². The molecule has 144 valence electrons. The maximum atomic E-state index is 12.5. The van der Waals surface area contributed by atoms with Gasteiger partial charge in [0.15, 0.2) is 23.0 Å². The maximum Gasteiger partial charge on any atom is 0.255 e. The molecule has 0 radical (unpaired) electrons. The average molecular weight is 371 g/mol. The minimum atomic E-state index is -0.214. The van der Waals surface area contributed by atoms with E-state index in [1.807, 2.05) is 18.2 Å². The lowest BCUT2D eigenvalue weighted by atomic mass is 10.1. The largest absolute Gasteiger partial charge is 0.493 e. The predicted molar refractivity (Wildman–Crippen MR) is 102 cm³/mol. The number of ether oxygens (including phenoxy) is 4. The summed E-state index contributed by atoms with van der Waals surface area (Å²) in [6, 6.07) is 10.9. The number of nitrogens with one attached hydrogen (secondary N) is 1. The molecule has 27 heavy (non-hydrogen) atoms. The van der Waals surface area contributed by atoms with Crippen molar-refractivity contribution >= 4 is 5.91 Å². The zero-order chi connectivity index (χ0) is 19.2. The van der Waals surface area contributed by atoms with Crippen molar-refractivity contribution in [2.45, 2.75) is 26.8 Å². The fraction of sp³-hybridized carbons (Fsp3) is 0.381. The van der Waals surface area contributed by atoms with Crippen LogP contribution < -0.4 is 24.3 Å². The van der Waals surface area contributed by atoms with E-state index in [9.17, 15) is 4.79 Å². The molecular weight excluding hydrogens is 346 g/mol. The van der Waals surface area contributed by atoms with Gasteiger partial charge in [0, 0.05) is 6.54 Å². The number of hydrogen-bond acceptors (Lipinski definition) is 5. The van der Waals surface area contributed by atoms with Crippen molar-refractivity contribution in [3.63, 3.8) is 0 Å². The Morgan fingerprint density at radius 1 is 1.19 bits per heavy atom. The summed E-state index contributed by atoms with van der Waals surface area (Å²) >= 11 is 0. The number of rotatable bonds is 8. The van der Waals surface area contributed by atoms with Gasteiger partial charge in [-0.15, -0.1) is 0 Å². The van der Waals surface area contributed by atoms with Crippen LogP contribution in [0.3, 0.4) is 0 Å². The molecule has 1 aliphatic rings. The molecule has 0 saturated carbocycles. The molecule has 2 aromatic rings. The van der Waals surface area contributed by atoms with Crippen molar-refractivity contribution in [2.24, 2.45) is 5.92 Å². The summed E-state index contributed by atoms with van der Waals surface area (Å²) in [4.78, 5) is 12.5. The Bertz CT molecular complexity index is 803. The predicted octanol–water partition coefficient (Wildman–Crippen LogP) is 3.78. The number of methoxy groups -OCH3 is 1. The Kier molecular flexibility index (Phi) is 6.06. The molecule has 0 saturated heterocycles. The molecule has 0 spiro atoms. The van der Waals surface area contributed by atoms with Crippen LogP contribution >= 0.6 is 0 Å². The highest BCUT2D eigenvalue weighted by atomic mass is 16.7. The van der Waals surface area contributed by atoms with Crippen molar-refractivity contribution in [1.82, 2.24) is 5.32 Å². The number of fused-ring (bicyclic) bond motifs is 1. The summed E-state index contributed by atoms with van der Waals surface area (Å²) in [6.07, 6.45) is 0.980. The third kappa shape index (κ3) is 4.64. The van der Waals surface area contributed by atoms with Gasteiger partial charge in [0.25, 0.3) is 5.91 Å². The van der Waals surface area contributed by atoms with Crippen molar-refractivity contribution in [2.75, 3.05) is 20.5 Å². The zero-order valence-electron chi connectivity index (χ0n) is 15.9. The van der Waals surface area contributed by atoms with Gasteiger partial charge in [-0.25, -0.2) is 0 Å². The third-order valence-electron chi connectivity index (χ3n) is 4.28. The SMILES string of the molecule is COc1cc(CNC(=O)c2cccc3c2OCO3)ccc1OCCC(C)C. The lowest BCUT2D eigenvalue weighted by Gasteiger charge is -2.13. The van der Waals surface area contributed by atoms with Crippen LogP contribution in [-0.4, -0.2) is 26.4 Å². The van der Waals surface area contributed by atoms with Gasteiger partial charge in [-0.05, 0) is 42.2 Å². The first-order valence-corrected chi connectivity index (χ1v) is 9.05. The van der Waals surface area contributed by atoms with E-state index in [2.05, 4.69) is 19.2 Å². The van der Waals surface area contributed by atoms with E-state index in [1.54, 1.807) is 25.3 Å². The highest BCUT2D eigenvalue weighted by molar-refractivity contribution is 5.97. The zero-order valence-corrected chi connectivity index (χ0v) is 15.9. The number of para-hydroxylation sites is 1. The van der Waals surface area contributed by atoms with Gasteiger partial charge in [0.05, 0.1) is 19.3 Å². The summed E-state index contributed by atoms with van der Waals surface area (Å²) in [5.41, 5.74) is 1.38. The highest BCUT2D eigenvalue weighted by Crippen LogP contribution is 2.35. The van der Waals surface area contributed by atoms with E-state index in [4.69, 9.17) is 18.9 Å². The van der Waals surface area contributed by atoms with Crippen molar-refractivity contribution in [3.05, 3.63) is 47.5 Å². The Morgan fingerprint density at radius 2 is 2.04 bits per heavy atom. The van der Waals surface area contributed by atoms with E-state index < -0.39 is 0 Å². The molecule has 3 rings (SSSR count). The summed E-state index contributed by atoms with van der Waals surface area (Å²) in [6.45, 7) is 5.46. The van der Waals surface area contributed by atoms with Crippen molar-refractivity contribution in [3.8, 4) is 23.0 Å². The average Bonchev–Trinajstić information content (AvgIpc) is 3.15. The van der Waals surface area contributed by atoms with Crippen LogP contribution in [-0.2, 0) is 6.54 Å². The minimum Gasteiger partial charge on any atom is -0.493 e. The molecule has 0 fully saturated rings. The Balaban J connectivity index is 1.62. The van der Waals surface area contributed by atoms with Gasteiger partial charge in [-0.3, -0.25) is 4.79 Å². The third-order valence-corrected chi connectivity index (χ3v) is 4.28. The van der Waals surface area contributed by atoms with Crippen LogP contribution in [0.25, 0.3) is 0 Å². The number of amides is 1.